The predicted molar refractivity (Wildman–Crippen MR) is 538 cm³/mol. The molecule has 0 amide bonds. The van der Waals surface area contributed by atoms with Crippen molar-refractivity contribution in [3.8, 4) is 50.4 Å². The fourth-order valence-corrected chi connectivity index (χ4v) is 19.8. The van der Waals surface area contributed by atoms with E-state index in [0.717, 1.165) is 138 Å². The number of hydrogen-bond acceptors (Lipinski definition) is 3. The minimum atomic E-state index is -0.580. The van der Waals surface area contributed by atoms with E-state index < -0.39 is 55.1 Å². The van der Waals surface area contributed by atoms with E-state index in [1.54, 1.807) is 4.57 Å². The lowest BCUT2D eigenvalue weighted by atomic mass is 9.33. The van der Waals surface area contributed by atoms with Crippen LogP contribution >= 0.6 is 0 Å². The number of anilines is 6. The molecule has 125 heavy (non-hydrogen) atoms. The first-order chi connectivity index (χ1) is 62.7. The Morgan fingerprint density at radius 3 is 1.09 bits per heavy atom. The van der Waals surface area contributed by atoms with Crippen LogP contribution in [0, 0.1) is 0 Å². The monoisotopic (exact) mass is 1630 g/mol. The smallest absolute Gasteiger partial charge is 0.252 e. The van der Waals surface area contributed by atoms with Crippen molar-refractivity contribution in [2.45, 2.75) is 183 Å². The summed E-state index contributed by atoms with van der Waals surface area (Å²) in [6.07, 6.45) is 0. The molecule has 19 aromatic rings. The number of hydrogen-bond donors (Lipinski definition) is 0. The normalized spacial score (nSPS) is 14.5. The average Bonchev–Trinajstić information content (AvgIpc) is 1.67. The molecule has 0 fully saturated rings. The average molecular weight is 1640 g/mol. The van der Waals surface area contributed by atoms with E-state index in [9.17, 15) is 11.0 Å². The van der Waals surface area contributed by atoms with Crippen molar-refractivity contribution in [3.63, 3.8) is 0 Å². The van der Waals surface area contributed by atoms with Crippen LogP contribution in [-0.2, 0) is 37.9 Å². The van der Waals surface area contributed by atoms with Gasteiger partial charge in [0.05, 0.1) is 66.8 Å². The van der Waals surface area contributed by atoms with Gasteiger partial charge in [-0.2, -0.15) is 0 Å². The van der Waals surface area contributed by atoms with Gasteiger partial charge < -0.3 is 27.9 Å². The molecule has 0 atom stereocenters. The van der Waals surface area contributed by atoms with E-state index in [2.05, 4.69) is 413 Å². The summed E-state index contributed by atoms with van der Waals surface area (Å²) in [4.78, 5) is 4.86. The van der Waals surface area contributed by atoms with Crippen LogP contribution in [0.15, 0.2) is 301 Å². The van der Waals surface area contributed by atoms with E-state index in [1.807, 2.05) is 0 Å². The van der Waals surface area contributed by atoms with Crippen molar-refractivity contribution in [1.82, 2.24) is 13.7 Å². The molecule has 6 nitrogen and oxygen atoms in total. The van der Waals surface area contributed by atoms with Gasteiger partial charge in [0.15, 0.2) is 11.2 Å². The Hall–Kier alpha value is -12.8. The molecular formula is C118H112BN5O. The summed E-state index contributed by atoms with van der Waals surface area (Å²) in [7, 11) is 0. The number of furan rings is 1. The van der Waals surface area contributed by atoms with Gasteiger partial charge in [-0.15, -0.1) is 0 Å². The van der Waals surface area contributed by atoms with Crippen LogP contribution in [0.25, 0.3) is 138 Å². The van der Waals surface area contributed by atoms with Gasteiger partial charge in [-0.3, -0.25) is 0 Å². The summed E-state index contributed by atoms with van der Waals surface area (Å²) in [6, 6.07) is 88.8. The van der Waals surface area contributed by atoms with Crippen LogP contribution in [0.2, 0.25) is 0 Å². The van der Waals surface area contributed by atoms with Crippen molar-refractivity contribution >= 4 is 145 Å². The second kappa shape index (κ2) is 27.8. The highest BCUT2D eigenvalue weighted by atomic mass is 16.3. The quantitative estimate of drug-likeness (QED) is 0.142. The molecule has 0 radical (unpaired) electrons. The third-order valence-electron chi connectivity index (χ3n) is 26.9. The number of benzene rings is 15. The molecule has 0 N–H and O–H groups in total. The van der Waals surface area contributed by atoms with Crippen molar-refractivity contribution in [2.75, 3.05) is 9.80 Å². The summed E-state index contributed by atoms with van der Waals surface area (Å²) in [5, 5.41) is 6.33. The topological polar surface area (TPSA) is 34.4 Å². The summed E-state index contributed by atoms with van der Waals surface area (Å²) < 4.78 is 93.9. The Morgan fingerprint density at radius 1 is 0.248 bits per heavy atom. The van der Waals surface area contributed by atoms with Gasteiger partial charge >= 0.3 is 0 Å². The zero-order chi connectivity index (χ0) is 94.0. The third kappa shape index (κ3) is 12.8. The Balaban J connectivity index is 0.965. The van der Waals surface area contributed by atoms with Crippen LogP contribution in [0.5, 0.6) is 0 Å². The minimum Gasteiger partial charge on any atom is -0.452 e. The maximum absolute atomic E-state index is 10.4. The Kier molecular flexibility index (Phi) is 15.7. The maximum Gasteiger partial charge on any atom is 0.252 e. The molecule has 0 saturated carbocycles. The van der Waals surface area contributed by atoms with Crippen LogP contribution in [0.3, 0.4) is 0 Å². The van der Waals surface area contributed by atoms with Gasteiger partial charge in [-0.05, 0) is 231 Å². The number of para-hydroxylation sites is 4. The summed E-state index contributed by atoms with van der Waals surface area (Å²) in [5.74, 6) is 0. The highest BCUT2D eigenvalue weighted by Crippen LogP contribution is 2.56. The Labute approximate surface area is 748 Å². The molecule has 2 aliphatic rings. The van der Waals surface area contributed by atoms with Crippen LogP contribution in [0.4, 0.5) is 34.1 Å². The number of nitrogens with zero attached hydrogens (tertiary/aromatic N) is 5. The highest BCUT2D eigenvalue weighted by Gasteiger charge is 2.47. The molecule has 0 saturated heterocycles. The Bertz CT molecular complexity index is 7910. The largest absolute Gasteiger partial charge is 0.452 e. The first kappa shape index (κ1) is 70.6. The lowest BCUT2D eigenvalue weighted by Gasteiger charge is -2.45. The van der Waals surface area contributed by atoms with Crippen molar-refractivity contribution < 1.29 is 15.4 Å². The van der Waals surface area contributed by atoms with Crippen molar-refractivity contribution in [3.05, 3.63) is 336 Å². The maximum atomic E-state index is 10.4. The van der Waals surface area contributed by atoms with Crippen molar-refractivity contribution in [1.29, 1.82) is 0 Å². The molecule has 2 aliphatic heterocycles. The molecule has 0 aliphatic carbocycles. The van der Waals surface area contributed by atoms with Crippen molar-refractivity contribution in [2.24, 2.45) is 0 Å². The van der Waals surface area contributed by atoms with Crippen LogP contribution in [0.1, 0.15) is 195 Å². The van der Waals surface area contributed by atoms with Gasteiger partial charge in [0.1, 0.15) is 0 Å². The Morgan fingerprint density at radius 2 is 0.632 bits per heavy atom. The van der Waals surface area contributed by atoms with E-state index in [0.29, 0.717) is 33.9 Å². The summed E-state index contributed by atoms with van der Waals surface area (Å²) in [6.45, 7) is 47.3. The number of aromatic nitrogens is 3. The molecule has 4 aromatic heterocycles. The third-order valence-corrected chi connectivity index (χ3v) is 26.9. The highest BCUT2D eigenvalue weighted by molar-refractivity contribution is 7.00. The zero-order valence-corrected chi connectivity index (χ0v) is 75.9. The molecule has 0 bridgehead atoms. The molecule has 0 spiro atoms. The lowest BCUT2D eigenvalue weighted by molar-refractivity contribution is 0.569. The standard InChI is InChI=1S/C118H112BN5O/c1-112(2,3)75-47-54-98-90(62-75)91-63-76(113(4,5)6)48-55-99(91)120(98)82-51-53-95-105(68-82)124(109-88(71-34-24-22-25-35-71)66-81(118(19,20)21)67-89(109)72-36-26-23-27-37-72)107-70-83(121-96-42-30-28-38-84(96)85-39-29-31-43-97(85)121)69-106-108(107)119(95)94-52-46-73(74-58-79(116(13,14)15)61-80(59-74)117(16,17)18)60-104(94)123(106)103-45-33-41-87-86-40-32-44-102(110(86)125-111(87)103)122-100-56-49-77(114(7,8)9)64-92(100)93-65-78(115(10,11)12)50-57-101(93)122/h22-70H,1-21H3/i28D,29D,30D,31D,38D,39D,42D,43D. The first-order valence-corrected chi connectivity index (χ1v) is 44.4. The van der Waals surface area contributed by atoms with E-state index >= 15 is 0 Å². The second-order valence-corrected chi connectivity index (χ2v) is 42.5. The molecule has 15 aromatic carbocycles. The summed E-state index contributed by atoms with van der Waals surface area (Å²) in [5.41, 5.74) is 28.1. The first-order valence-electron chi connectivity index (χ1n) is 48.4. The lowest BCUT2D eigenvalue weighted by Crippen LogP contribution is -2.61. The molecule has 21 rings (SSSR count). The molecule has 6 heterocycles. The SMILES string of the molecule is [2H]c1c([2H])c([2H])c2c(c1[2H])c1c([2H])c([2H])c([2H])c([2H])c1n2-c1cc2c3c(c1)N(c1cccc4c1oc1c(-n5c6ccc(C(C)(C)C)cc6c6cc(C(C)(C)C)ccc65)cccc14)c1cc(-c4cc(C(C)(C)C)cc(C(C)(C)C)c4)ccc1B3c1ccc(-n3c4ccc(C(C)(C)C)cc4c4cc(C(C)(C)C)ccc43)cc1N2c1c(-c2ccccc2)cc(C(C)(C)C)cc1-c1ccccc1. The number of fused-ring (bicyclic) bond motifs is 16. The second-order valence-electron chi connectivity index (χ2n) is 42.5. The fraction of sp³-hybridized carbons (Fsp3) is 0.237. The number of rotatable bonds is 8. The fourth-order valence-electron chi connectivity index (χ4n) is 19.8. The molecule has 618 valence electrons. The molecule has 0 unspecified atom stereocenters. The molecular weight excluding hydrogens is 1510 g/mol. The van der Waals surface area contributed by atoms with Gasteiger partial charge in [0.25, 0.3) is 6.71 Å². The van der Waals surface area contributed by atoms with Crippen LogP contribution < -0.4 is 26.2 Å². The summed E-state index contributed by atoms with van der Waals surface area (Å²) >= 11 is 0. The molecule has 7 heteroatoms. The van der Waals surface area contributed by atoms with E-state index in [1.165, 1.54) is 33.4 Å². The zero-order valence-electron chi connectivity index (χ0n) is 83.9. The van der Waals surface area contributed by atoms with Crippen LogP contribution in [-0.4, -0.2) is 20.4 Å². The van der Waals surface area contributed by atoms with Gasteiger partial charge in [0.2, 0.25) is 0 Å². The van der Waals surface area contributed by atoms with Gasteiger partial charge in [0, 0.05) is 82.7 Å². The predicted octanol–water partition coefficient (Wildman–Crippen LogP) is 31.0. The van der Waals surface area contributed by atoms with Gasteiger partial charge in [-0.1, -0.05) is 327 Å². The van der Waals surface area contributed by atoms with E-state index in [4.69, 9.17) is 4.42 Å². The minimum absolute atomic E-state index is 0.00138. The van der Waals surface area contributed by atoms with Gasteiger partial charge in [-0.25, -0.2) is 0 Å². The van der Waals surface area contributed by atoms with E-state index in [-0.39, 0.29) is 59.7 Å².